The van der Waals surface area contributed by atoms with Gasteiger partial charge in [0.1, 0.15) is 5.82 Å². The van der Waals surface area contributed by atoms with Gasteiger partial charge in [-0.2, -0.15) is 0 Å². The number of hydrogen-bond donors (Lipinski definition) is 2. The molecule has 0 aliphatic heterocycles. The van der Waals surface area contributed by atoms with Crippen molar-refractivity contribution in [1.29, 1.82) is 0 Å². The summed E-state index contributed by atoms with van der Waals surface area (Å²) in [6, 6.07) is 9.06. The first kappa shape index (κ1) is 15.0. The van der Waals surface area contributed by atoms with E-state index in [-0.39, 0.29) is 16.1 Å². The Morgan fingerprint density at radius 2 is 1.95 bits per heavy atom. The van der Waals surface area contributed by atoms with Crippen LogP contribution < -0.4 is 10.5 Å². The number of benzene rings is 2. The molecule has 0 heterocycles. The SMILES string of the molecule is Cc1c(N)cc(S(=O)(=O)Nc2cccc(I)c2)cc1F. The average Bonchev–Trinajstić information content (AvgIpc) is 2.34. The predicted octanol–water partition coefficient (Wildman–Crippen LogP) is 3.12. The highest BCUT2D eigenvalue weighted by Crippen LogP contribution is 2.23. The molecule has 0 amide bonds. The van der Waals surface area contributed by atoms with Gasteiger partial charge in [-0.15, -0.1) is 0 Å². The second-order valence-electron chi connectivity index (χ2n) is 4.24. The minimum absolute atomic E-state index is 0.105. The summed E-state index contributed by atoms with van der Waals surface area (Å²) in [6.45, 7) is 1.49. The maximum absolute atomic E-state index is 13.6. The van der Waals surface area contributed by atoms with Crippen LogP contribution in [0.5, 0.6) is 0 Å². The summed E-state index contributed by atoms with van der Waals surface area (Å²) in [5.74, 6) is -0.645. The van der Waals surface area contributed by atoms with Crippen LogP contribution in [0.25, 0.3) is 0 Å². The summed E-state index contributed by atoms with van der Waals surface area (Å²) in [7, 11) is -3.87. The van der Waals surface area contributed by atoms with Gasteiger partial charge < -0.3 is 5.73 Å². The van der Waals surface area contributed by atoms with E-state index in [4.69, 9.17) is 5.73 Å². The summed E-state index contributed by atoms with van der Waals surface area (Å²) in [4.78, 5) is -0.197. The molecular formula is C13H12FIN2O2S. The van der Waals surface area contributed by atoms with Crippen LogP contribution in [0.15, 0.2) is 41.3 Å². The van der Waals surface area contributed by atoms with Gasteiger partial charge in [-0.25, -0.2) is 12.8 Å². The van der Waals surface area contributed by atoms with Crippen LogP contribution in [0.4, 0.5) is 15.8 Å². The molecule has 2 aromatic carbocycles. The lowest BCUT2D eigenvalue weighted by molar-refractivity contribution is 0.593. The van der Waals surface area contributed by atoms with Crippen LogP contribution in [-0.4, -0.2) is 8.42 Å². The van der Waals surface area contributed by atoms with Gasteiger partial charge in [0, 0.05) is 20.5 Å². The molecule has 106 valence electrons. The van der Waals surface area contributed by atoms with Crippen molar-refractivity contribution in [3.8, 4) is 0 Å². The van der Waals surface area contributed by atoms with Crippen molar-refractivity contribution in [2.75, 3.05) is 10.5 Å². The molecule has 7 heteroatoms. The van der Waals surface area contributed by atoms with E-state index < -0.39 is 15.8 Å². The highest BCUT2D eigenvalue weighted by molar-refractivity contribution is 14.1. The molecule has 0 atom stereocenters. The summed E-state index contributed by atoms with van der Waals surface area (Å²) >= 11 is 2.07. The van der Waals surface area contributed by atoms with Gasteiger partial charge in [0.05, 0.1) is 4.90 Å². The number of nitrogens with two attached hydrogens (primary N) is 1. The Kier molecular flexibility index (Phi) is 4.19. The van der Waals surface area contributed by atoms with Crippen molar-refractivity contribution in [3.05, 3.63) is 51.3 Å². The van der Waals surface area contributed by atoms with Gasteiger partial charge in [0.2, 0.25) is 0 Å². The molecule has 20 heavy (non-hydrogen) atoms. The molecule has 4 nitrogen and oxygen atoms in total. The second-order valence-corrected chi connectivity index (χ2v) is 7.16. The third-order valence-corrected chi connectivity index (χ3v) is 4.78. The topological polar surface area (TPSA) is 72.2 Å². The van der Waals surface area contributed by atoms with Crippen LogP contribution in [0.2, 0.25) is 0 Å². The molecule has 0 aromatic heterocycles. The summed E-state index contributed by atoms with van der Waals surface area (Å²) in [6.07, 6.45) is 0. The van der Waals surface area contributed by atoms with E-state index >= 15 is 0 Å². The Morgan fingerprint density at radius 3 is 2.55 bits per heavy atom. The number of sulfonamides is 1. The smallest absolute Gasteiger partial charge is 0.262 e. The summed E-state index contributed by atoms with van der Waals surface area (Å²) < 4.78 is 41.3. The Hall–Kier alpha value is -1.35. The maximum atomic E-state index is 13.6. The number of anilines is 2. The molecule has 0 saturated heterocycles. The molecule has 0 aliphatic carbocycles. The van der Waals surface area contributed by atoms with Crippen LogP contribution >= 0.6 is 22.6 Å². The fourth-order valence-electron chi connectivity index (χ4n) is 1.60. The van der Waals surface area contributed by atoms with Crippen molar-refractivity contribution in [1.82, 2.24) is 0 Å². The van der Waals surface area contributed by atoms with Crippen molar-refractivity contribution in [3.63, 3.8) is 0 Å². The Labute approximate surface area is 130 Å². The first-order valence-electron chi connectivity index (χ1n) is 5.63. The molecular weight excluding hydrogens is 394 g/mol. The molecule has 3 N–H and O–H groups in total. The van der Waals surface area contributed by atoms with E-state index in [1.54, 1.807) is 18.2 Å². The van der Waals surface area contributed by atoms with E-state index in [1.807, 2.05) is 6.07 Å². The molecule has 0 fully saturated rings. The van der Waals surface area contributed by atoms with E-state index in [0.717, 1.165) is 9.64 Å². The minimum atomic E-state index is -3.87. The quantitative estimate of drug-likeness (QED) is 0.608. The number of nitrogen functional groups attached to an aromatic ring is 1. The monoisotopic (exact) mass is 406 g/mol. The molecule has 2 aromatic rings. The fourth-order valence-corrected chi connectivity index (χ4v) is 3.23. The highest BCUT2D eigenvalue weighted by Gasteiger charge is 2.17. The molecule has 0 bridgehead atoms. The van der Waals surface area contributed by atoms with E-state index in [0.29, 0.717) is 5.69 Å². The third kappa shape index (κ3) is 3.21. The lowest BCUT2D eigenvalue weighted by Gasteiger charge is -2.10. The zero-order valence-electron chi connectivity index (χ0n) is 10.5. The molecule has 0 unspecified atom stereocenters. The first-order valence-corrected chi connectivity index (χ1v) is 8.20. The highest BCUT2D eigenvalue weighted by atomic mass is 127. The molecule has 2 rings (SSSR count). The zero-order chi connectivity index (χ0) is 14.9. The number of nitrogens with one attached hydrogen (secondary N) is 1. The fraction of sp³-hybridized carbons (Fsp3) is 0.0769. The Balaban J connectivity index is 2.41. The largest absolute Gasteiger partial charge is 0.398 e. The van der Waals surface area contributed by atoms with Gasteiger partial charge >= 0.3 is 0 Å². The lowest BCUT2D eigenvalue weighted by Crippen LogP contribution is -2.14. The molecule has 0 spiro atoms. The lowest BCUT2D eigenvalue weighted by atomic mass is 10.2. The summed E-state index contributed by atoms with van der Waals surface area (Å²) in [5.41, 5.74) is 6.35. The van der Waals surface area contributed by atoms with Crippen LogP contribution in [0, 0.1) is 16.3 Å². The van der Waals surface area contributed by atoms with Crippen LogP contribution in [-0.2, 0) is 10.0 Å². The van der Waals surface area contributed by atoms with E-state index in [1.165, 1.54) is 13.0 Å². The third-order valence-electron chi connectivity index (χ3n) is 2.75. The van der Waals surface area contributed by atoms with Gasteiger partial charge in [-0.3, -0.25) is 4.72 Å². The standard InChI is InChI=1S/C13H12FIN2O2S/c1-8-12(14)6-11(7-13(8)16)20(18,19)17-10-4-2-3-9(15)5-10/h2-7,17H,16H2,1H3. The van der Waals surface area contributed by atoms with Crippen molar-refractivity contribution in [2.24, 2.45) is 0 Å². The predicted molar refractivity (Wildman–Crippen MR) is 85.5 cm³/mol. The maximum Gasteiger partial charge on any atom is 0.262 e. The Bertz CT molecular complexity index is 740. The van der Waals surface area contributed by atoms with Gasteiger partial charge in [0.25, 0.3) is 10.0 Å². The Morgan fingerprint density at radius 1 is 1.25 bits per heavy atom. The molecule has 0 radical (unpaired) electrons. The van der Waals surface area contributed by atoms with Crippen LogP contribution in [0.3, 0.4) is 0 Å². The van der Waals surface area contributed by atoms with Crippen molar-refractivity contribution < 1.29 is 12.8 Å². The summed E-state index contributed by atoms with van der Waals surface area (Å²) in [5, 5.41) is 0. The minimum Gasteiger partial charge on any atom is -0.398 e. The second kappa shape index (κ2) is 5.57. The van der Waals surface area contributed by atoms with E-state index in [9.17, 15) is 12.8 Å². The van der Waals surface area contributed by atoms with Crippen LogP contribution in [0.1, 0.15) is 5.56 Å². The van der Waals surface area contributed by atoms with Crippen molar-refractivity contribution >= 4 is 44.0 Å². The molecule has 0 aliphatic rings. The number of halogens is 2. The number of hydrogen-bond acceptors (Lipinski definition) is 3. The molecule has 0 saturated carbocycles. The normalized spacial score (nSPS) is 11.3. The first-order chi connectivity index (χ1) is 9.29. The van der Waals surface area contributed by atoms with E-state index in [2.05, 4.69) is 27.3 Å². The van der Waals surface area contributed by atoms with Crippen molar-refractivity contribution in [2.45, 2.75) is 11.8 Å². The van der Waals surface area contributed by atoms with Gasteiger partial charge in [-0.1, -0.05) is 6.07 Å². The number of rotatable bonds is 3. The zero-order valence-corrected chi connectivity index (χ0v) is 13.5. The van der Waals surface area contributed by atoms with Gasteiger partial charge in [-0.05, 0) is 59.8 Å². The average molecular weight is 406 g/mol. The van der Waals surface area contributed by atoms with Gasteiger partial charge in [0.15, 0.2) is 0 Å².